The molecule has 2 rings (SSSR count). The summed E-state index contributed by atoms with van der Waals surface area (Å²) in [5.41, 5.74) is 0.475. The molecule has 1 amide bonds. The second kappa shape index (κ2) is 7.93. The summed E-state index contributed by atoms with van der Waals surface area (Å²) in [6.45, 7) is -0.839. The second-order valence-corrected chi connectivity index (χ2v) is 5.19. The van der Waals surface area contributed by atoms with E-state index in [1.54, 1.807) is 12.1 Å². The van der Waals surface area contributed by atoms with Gasteiger partial charge >= 0.3 is 6.61 Å². The van der Waals surface area contributed by atoms with Gasteiger partial charge in [-0.1, -0.05) is 6.07 Å². The fourth-order valence-electron chi connectivity index (χ4n) is 2.48. The van der Waals surface area contributed by atoms with Gasteiger partial charge < -0.3 is 15.4 Å². The molecule has 1 aromatic carbocycles. The highest BCUT2D eigenvalue weighted by molar-refractivity contribution is 5.90. The molecule has 0 unspecified atom stereocenters. The van der Waals surface area contributed by atoms with Gasteiger partial charge in [-0.05, 0) is 50.4 Å². The zero-order valence-electron chi connectivity index (χ0n) is 11.8. The number of alkyl halides is 2. The molecular formula is C15H20F2N2O2. The monoisotopic (exact) mass is 298 g/mol. The summed E-state index contributed by atoms with van der Waals surface area (Å²) in [7, 11) is 0. The molecule has 1 aliphatic rings. The quantitative estimate of drug-likeness (QED) is 0.849. The molecule has 21 heavy (non-hydrogen) atoms. The molecule has 116 valence electrons. The van der Waals surface area contributed by atoms with E-state index < -0.39 is 6.61 Å². The Morgan fingerprint density at radius 2 is 2.14 bits per heavy atom. The van der Waals surface area contributed by atoms with Crippen LogP contribution in [0.4, 0.5) is 14.5 Å². The third-order valence-corrected chi connectivity index (χ3v) is 3.58. The van der Waals surface area contributed by atoms with Crippen LogP contribution in [0.15, 0.2) is 24.3 Å². The molecule has 1 saturated heterocycles. The van der Waals surface area contributed by atoms with Gasteiger partial charge in [-0.3, -0.25) is 4.79 Å². The molecule has 0 bridgehead atoms. The molecule has 1 heterocycles. The van der Waals surface area contributed by atoms with E-state index in [9.17, 15) is 13.6 Å². The smallest absolute Gasteiger partial charge is 0.387 e. The van der Waals surface area contributed by atoms with E-state index >= 15 is 0 Å². The van der Waals surface area contributed by atoms with Crippen molar-refractivity contribution in [3.05, 3.63) is 24.3 Å². The third-order valence-electron chi connectivity index (χ3n) is 3.58. The standard InChI is InChI=1S/C15H20F2N2O2/c16-15(17)21-13-3-1-2-12(10-13)19-14(20)5-4-11-6-8-18-9-7-11/h1-3,10-11,15,18H,4-9H2,(H,19,20). The van der Waals surface area contributed by atoms with E-state index in [1.165, 1.54) is 12.1 Å². The van der Waals surface area contributed by atoms with Crippen LogP contribution in [0.1, 0.15) is 25.7 Å². The third kappa shape index (κ3) is 5.67. The molecule has 0 saturated carbocycles. The number of amides is 1. The van der Waals surface area contributed by atoms with Crippen LogP contribution in [-0.4, -0.2) is 25.6 Å². The first kappa shape index (κ1) is 15.7. The van der Waals surface area contributed by atoms with Gasteiger partial charge in [-0.2, -0.15) is 8.78 Å². The number of carbonyl (C=O) groups is 1. The van der Waals surface area contributed by atoms with E-state index in [1.807, 2.05) is 0 Å². The van der Waals surface area contributed by atoms with Gasteiger partial charge in [0, 0.05) is 18.2 Å². The van der Waals surface area contributed by atoms with Crippen molar-refractivity contribution < 1.29 is 18.3 Å². The van der Waals surface area contributed by atoms with Crippen molar-refractivity contribution in [3.63, 3.8) is 0 Å². The first-order chi connectivity index (χ1) is 10.1. The number of rotatable bonds is 6. The number of hydrogen-bond donors (Lipinski definition) is 2. The Bertz CT molecular complexity index is 463. The Morgan fingerprint density at radius 1 is 1.38 bits per heavy atom. The maximum Gasteiger partial charge on any atom is 0.387 e. The highest BCUT2D eigenvalue weighted by Crippen LogP contribution is 2.21. The number of hydrogen-bond acceptors (Lipinski definition) is 3. The van der Waals surface area contributed by atoms with Crippen molar-refractivity contribution >= 4 is 11.6 Å². The number of halogens is 2. The highest BCUT2D eigenvalue weighted by atomic mass is 19.3. The summed E-state index contributed by atoms with van der Waals surface area (Å²) in [6.07, 6.45) is 3.52. The highest BCUT2D eigenvalue weighted by Gasteiger charge is 2.14. The van der Waals surface area contributed by atoms with Crippen LogP contribution in [0.5, 0.6) is 5.75 Å². The first-order valence-corrected chi connectivity index (χ1v) is 7.19. The minimum Gasteiger partial charge on any atom is -0.435 e. The predicted molar refractivity (Wildman–Crippen MR) is 76.5 cm³/mol. The number of benzene rings is 1. The van der Waals surface area contributed by atoms with Crippen LogP contribution in [0.2, 0.25) is 0 Å². The average molecular weight is 298 g/mol. The van der Waals surface area contributed by atoms with Gasteiger partial charge in [0.05, 0.1) is 0 Å². The fraction of sp³-hybridized carbons (Fsp3) is 0.533. The number of carbonyl (C=O) groups excluding carboxylic acids is 1. The van der Waals surface area contributed by atoms with E-state index in [-0.39, 0.29) is 11.7 Å². The van der Waals surface area contributed by atoms with Crippen molar-refractivity contribution in [1.82, 2.24) is 5.32 Å². The SMILES string of the molecule is O=C(CCC1CCNCC1)Nc1cccc(OC(F)F)c1. The molecule has 1 aliphatic heterocycles. The lowest BCUT2D eigenvalue weighted by Gasteiger charge is -2.22. The summed E-state index contributed by atoms with van der Waals surface area (Å²) in [6, 6.07) is 6.05. The summed E-state index contributed by atoms with van der Waals surface area (Å²) in [4.78, 5) is 11.9. The molecule has 2 N–H and O–H groups in total. The molecule has 6 heteroatoms. The number of piperidine rings is 1. The molecule has 1 aromatic rings. The number of nitrogens with one attached hydrogen (secondary N) is 2. The largest absolute Gasteiger partial charge is 0.435 e. The van der Waals surface area contributed by atoms with Crippen LogP contribution in [0.25, 0.3) is 0 Å². The van der Waals surface area contributed by atoms with E-state index in [2.05, 4.69) is 15.4 Å². The molecule has 1 fully saturated rings. The van der Waals surface area contributed by atoms with Crippen LogP contribution < -0.4 is 15.4 Å². The lowest BCUT2D eigenvalue weighted by molar-refractivity contribution is -0.116. The Kier molecular flexibility index (Phi) is 5.92. The minimum atomic E-state index is -2.86. The zero-order chi connectivity index (χ0) is 15.1. The Balaban J connectivity index is 1.78. The Hall–Kier alpha value is -1.69. The normalized spacial score (nSPS) is 16.0. The predicted octanol–water partition coefficient (Wildman–Crippen LogP) is 3.01. The first-order valence-electron chi connectivity index (χ1n) is 7.19. The lowest BCUT2D eigenvalue weighted by atomic mass is 9.93. The van der Waals surface area contributed by atoms with Gasteiger partial charge in [-0.25, -0.2) is 0 Å². The zero-order valence-corrected chi connectivity index (χ0v) is 11.8. The molecule has 0 spiro atoms. The average Bonchev–Trinajstić information content (AvgIpc) is 2.46. The summed E-state index contributed by atoms with van der Waals surface area (Å²) in [5, 5.41) is 6.00. The Morgan fingerprint density at radius 3 is 2.86 bits per heavy atom. The van der Waals surface area contributed by atoms with Crippen LogP contribution in [0.3, 0.4) is 0 Å². The van der Waals surface area contributed by atoms with Crippen LogP contribution >= 0.6 is 0 Å². The lowest BCUT2D eigenvalue weighted by Crippen LogP contribution is -2.28. The number of ether oxygens (including phenoxy) is 1. The van der Waals surface area contributed by atoms with E-state index in [4.69, 9.17) is 0 Å². The van der Waals surface area contributed by atoms with Gasteiger partial charge in [-0.15, -0.1) is 0 Å². The van der Waals surface area contributed by atoms with Crippen LogP contribution in [0, 0.1) is 5.92 Å². The van der Waals surface area contributed by atoms with E-state index in [0.29, 0.717) is 18.0 Å². The molecule has 0 atom stereocenters. The Labute approximate surface area is 122 Å². The minimum absolute atomic E-state index is 0.0427. The van der Waals surface area contributed by atoms with Gasteiger partial charge in [0.25, 0.3) is 0 Å². The van der Waals surface area contributed by atoms with Gasteiger partial charge in [0.15, 0.2) is 0 Å². The second-order valence-electron chi connectivity index (χ2n) is 5.19. The van der Waals surface area contributed by atoms with Crippen molar-refractivity contribution in [2.75, 3.05) is 18.4 Å². The molecule has 0 aliphatic carbocycles. The summed E-state index contributed by atoms with van der Waals surface area (Å²) >= 11 is 0. The number of anilines is 1. The fourth-order valence-corrected chi connectivity index (χ4v) is 2.48. The molecule has 0 radical (unpaired) electrons. The maximum atomic E-state index is 12.1. The summed E-state index contributed by atoms with van der Waals surface area (Å²) < 4.78 is 28.6. The molecule has 4 nitrogen and oxygen atoms in total. The van der Waals surface area contributed by atoms with Crippen molar-refractivity contribution in [2.24, 2.45) is 5.92 Å². The topological polar surface area (TPSA) is 50.4 Å². The maximum absolute atomic E-state index is 12.1. The molecule has 0 aromatic heterocycles. The molecular weight excluding hydrogens is 278 g/mol. The van der Waals surface area contributed by atoms with Crippen molar-refractivity contribution in [2.45, 2.75) is 32.3 Å². The van der Waals surface area contributed by atoms with E-state index in [0.717, 1.165) is 32.4 Å². The van der Waals surface area contributed by atoms with Gasteiger partial charge in [0.1, 0.15) is 5.75 Å². The van der Waals surface area contributed by atoms with Crippen molar-refractivity contribution in [3.8, 4) is 5.75 Å². The van der Waals surface area contributed by atoms with Gasteiger partial charge in [0.2, 0.25) is 5.91 Å². The summed E-state index contributed by atoms with van der Waals surface area (Å²) in [5.74, 6) is 0.536. The van der Waals surface area contributed by atoms with Crippen LogP contribution in [-0.2, 0) is 4.79 Å². The van der Waals surface area contributed by atoms with Crippen molar-refractivity contribution in [1.29, 1.82) is 0 Å².